The lowest BCUT2D eigenvalue weighted by Crippen LogP contribution is -2.37. The minimum absolute atomic E-state index is 0.746. The van der Waals surface area contributed by atoms with Gasteiger partial charge in [-0.15, -0.1) is 0 Å². The molecule has 0 aliphatic carbocycles. The van der Waals surface area contributed by atoms with Gasteiger partial charge in [0.2, 0.25) is 0 Å². The van der Waals surface area contributed by atoms with E-state index in [9.17, 15) is 0 Å². The van der Waals surface area contributed by atoms with Crippen molar-refractivity contribution in [3.63, 3.8) is 0 Å². The third-order valence-corrected chi connectivity index (χ3v) is 4.67. The van der Waals surface area contributed by atoms with E-state index in [1.165, 1.54) is 24.9 Å². The molecule has 1 aromatic rings. The lowest BCUT2D eigenvalue weighted by Gasteiger charge is -2.27. The minimum Gasteiger partial charge on any atom is -0.383 e. The number of nitrogens with one attached hydrogen (secondary N) is 1. The Labute approximate surface area is 119 Å². The average molecular weight is 311 g/mol. The van der Waals surface area contributed by atoms with E-state index in [0.717, 1.165) is 29.6 Å². The zero-order valence-corrected chi connectivity index (χ0v) is 12.9. The first-order chi connectivity index (χ1) is 8.72. The van der Waals surface area contributed by atoms with Crippen molar-refractivity contribution in [1.29, 1.82) is 0 Å². The highest BCUT2D eigenvalue weighted by Crippen LogP contribution is 2.26. The second-order valence-corrected chi connectivity index (χ2v) is 5.99. The van der Waals surface area contributed by atoms with Crippen molar-refractivity contribution in [2.24, 2.45) is 0 Å². The lowest BCUT2D eigenvalue weighted by molar-refractivity contribution is 0.207. The number of anilines is 1. The van der Waals surface area contributed by atoms with Gasteiger partial charge in [-0.25, -0.2) is 0 Å². The molecule has 1 aromatic carbocycles. The molecule has 100 valence electrons. The van der Waals surface area contributed by atoms with Crippen LogP contribution in [-0.2, 0) is 0 Å². The van der Waals surface area contributed by atoms with Crippen molar-refractivity contribution in [3.8, 4) is 0 Å². The topological polar surface area (TPSA) is 15.3 Å². The molecule has 2 nitrogen and oxygen atoms in total. The van der Waals surface area contributed by atoms with E-state index in [0.29, 0.717) is 0 Å². The van der Waals surface area contributed by atoms with Gasteiger partial charge >= 0.3 is 0 Å². The molecule has 0 bridgehead atoms. The maximum Gasteiger partial charge on any atom is 0.0485 e. The second kappa shape index (κ2) is 6.58. The van der Waals surface area contributed by atoms with E-state index < -0.39 is 0 Å². The van der Waals surface area contributed by atoms with Crippen LogP contribution in [0.4, 0.5) is 5.69 Å². The maximum absolute atomic E-state index is 3.57. The molecule has 0 aromatic heterocycles. The quantitative estimate of drug-likeness (QED) is 0.880. The number of para-hydroxylation sites is 1. The van der Waals surface area contributed by atoms with Crippen molar-refractivity contribution in [2.75, 3.05) is 18.4 Å². The average Bonchev–Trinajstić information content (AvgIpc) is 2.73. The molecule has 2 unspecified atom stereocenters. The van der Waals surface area contributed by atoms with Gasteiger partial charge in [0, 0.05) is 35.3 Å². The van der Waals surface area contributed by atoms with Crippen molar-refractivity contribution in [1.82, 2.24) is 4.90 Å². The Hall–Kier alpha value is -0.540. The predicted molar refractivity (Wildman–Crippen MR) is 82.1 cm³/mol. The van der Waals surface area contributed by atoms with E-state index in [4.69, 9.17) is 0 Å². The number of hydrogen-bond acceptors (Lipinski definition) is 2. The Kier molecular flexibility index (Phi) is 5.07. The van der Waals surface area contributed by atoms with Gasteiger partial charge in [-0.2, -0.15) is 0 Å². The predicted octanol–water partition coefficient (Wildman–Crippen LogP) is 4.12. The molecule has 0 saturated carbocycles. The first-order valence-electron chi connectivity index (χ1n) is 6.96. The molecule has 1 N–H and O–H groups in total. The van der Waals surface area contributed by atoms with Crippen molar-refractivity contribution in [2.45, 2.75) is 45.2 Å². The molecule has 2 atom stereocenters. The summed E-state index contributed by atoms with van der Waals surface area (Å²) in [7, 11) is 0. The molecule has 18 heavy (non-hydrogen) atoms. The number of benzene rings is 1. The summed E-state index contributed by atoms with van der Waals surface area (Å²) in [6.45, 7) is 6.81. The third kappa shape index (κ3) is 3.27. The fraction of sp³-hybridized carbons (Fsp3) is 0.600. The van der Waals surface area contributed by atoms with Crippen LogP contribution in [0.1, 0.15) is 33.1 Å². The monoisotopic (exact) mass is 310 g/mol. The van der Waals surface area contributed by atoms with Crippen LogP contribution in [0, 0.1) is 0 Å². The van der Waals surface area contributed by atoms with Crippen LogP contribution < -0.4 is 5.32 Å². The van der Waals surface area contributed by atoms with Crippen LogP contribution in [0.3, 0.4) is 0 Å². The van der Waals surface area contributed by atoms with Gasteiger partial charge in [0.1, 0.15) is 0 Å². The van der Waals surface area contributed by atoms with Gasteiger partial charge in [0.15, 0.2) is 0 Å². The van der Waals surface area contributed by atoms with Crippen LogP contribution in [0.5, 0.6) is 0 Å². The zero-order valence-electron chi connectivity index (χ0n) is 11.3. The van der Waals surface area contributed by atoms with Crippen molar-refractivity contribution < 1.29 is 0 Å². The van der Waals surface area contributed by atoms with Gasteiger partial charge in [0.25, 0.3) is 0 Å². The molecule has 1 heterocycles. The van der Waals surface area contributed by atoms with Gasteiger partial charge in [0.05, 0.1) is 0 Å². The summed E-state index contributed by atoms with van der Waals surface area (Å²) < 4.78 is 1.14. The highest BCUT2D eigenvalue weighted by molar-refractivity contribution is 9.10. The Balaban J connectivity index is 1.83. The van der Waals surface area contributed by atoms with E-state index in [-0.39, 0.29) is 0 Å². The van der Waals surface area contributed by atoms with Crippen molar-refractivity contribution >= 4 is 21.6 Å². The summed E-state index contributed by atoms with van der Waals surface area (Å²) in [5.41, 5.74) is 1.19. The summed E-state index contributed by atoms with van der Waals surface area (Å²) in [6.07, 6.45) is 4.00. The van der Waals surface area contributed by atoms with Gasteiger partial charge in [-0.3, -0.25) is 4.90 Å². The molecule has 1 aliphatic heterocycles. The molecule has 2 rings (SSSR count). The number of halogens is 1. The number of rotatable bonds is 5. The van der Waals surface area contributed by atoms with Gasteiger partial charge < -0.3 is 5.32 Å². The summed E-state index contributed by atoms with van der Waals surface area (Å²) >= 11 is 3.57. The Morgan fingerprint density at radius 1 is 1.33 bits per heavy atom. The fourth-order valence-corrected chi connectivity index (χ4v) is 3.32. The van der Waals surface area contributed by atoms with E-state index >= 15 is 0 Å². The third-order valence-electron chi connectivity index (χ3n) is 3.98. The first-order valence-corrected chi connectivity index (χ1v) is 7.75. The van der Waals surface area contributed by atoms with Gasteiger partial charge in [-0.05, 0) is 54.2 Å². The minimum atomic E-state index is 0.746. The number of likely N-dealkylation sites (tertiary alicyclic amines) is 1. The Bertz CT molecular complexity index is 381. The molecule has 0 spiro atoms. The highest BCUT2D eigenvalue weighted by atomic mass is 79.9. The zero-order chi connectivity index (χ0) is 13.0. The Morgan fingerprint density at radius 2 is 2.11 bits per heavy atom. The molecule has 1 saturated heterocycles. The summed E-state index contributed by atoms with van der Waals surface area (Å²) in [5.74, 6) is 0. The lowest BCUT2D eigenvalue weighted by atomic mass is 10.1. The second-order valence-electron chi connectivity index (χ2n) is 5.13. The highest BCUT2D eigenvalue weighted by Gasteiger charge is 2.28. The van der Waals surface area contributed by atoms with Crippen LogP contribution in [0.2, 0.25) is 0 Å². The smallest absolute Gasteiger partial charge is 0.0485 e. The SMILES string of the molecule is CCC1CCC(C)N1CCNc1ccccc1Br. The van der Waals surface area contributed by atoms with E-state index in [2.05, 4.69) is 58.2 Å². The summed E-state index contributed by atoms with van der Waals surface area (Å²) in [5, 5.41) is 3.52. The maximum atomic E-state index is 3.57. The fourth-order valence-electron chi connectivity index (χ4n) is 2.89. The van der Waals surface area contributed by atoms with Crippen molar-refractivity contribution in [3.05, 3.63) is 28.7 Å². The van der Waals surface area contributed by atoms with Crippen LogP contribution in [-0.4, -0.2) is 30.1 Å². The summed E-state index contributed by atoms with van der Waals surface area (Å²) in [4.78, 5) is 2.66. The number of hydrogen-bond donors (Lipinski definition) is 1. The van der Waals surface area contributed by atoms with Crippen LogP contribution >= 0.6 is 15.9 Å². The molecule has 0 radical (unpaired) electrons. The number of nitrogens with zero attached hydrogens (tertiary/aromatic N) is 1. The van der Waals surface area contributed by atoms with Crippen LogP contribution in [0.25, 0.3) is 0 Å². The summed E-state index contributed by atoms with van der Waals surface area (Å²) in [6, 6.07) is 9.85. The standard InChI is InChI=1S/C15H23BrN2/c1-3-13-9-8-12(2)18(13)11-10-17-15-7-5-4-6-14(15)16/h4-7,12-13,17H,3,8-11H2,1-2H3. The van der Waals surface area contributed by atoms with Gasteiger partial charge in [-0.1, -0.05) is 19.1 Å². The molecular formula is C15H23BrN2. The normalized spacial score (nSPS) is 24.4. The molecule has 0 amide bonds. The molecule has 3 heteroatoms. The molecule has 1 aliphatic rings. The Morgan fingerprint density at radius 3 is 2.83 bits per heavy atom. The molecule has 1 fully saturated rings. The largest absolute Gasteiger partial charge is 0.383 e. The first kappa shape index (κ1) is 13.9. The molecular weight excluding hydrogens is 288 g/mol. The van der Waals surface area contributed by atoms with Crippen LogP contribution in [0.15, 0.2) is 28.7 Å². The van der Waals surface area contributed by atoms with E-state index in [1.54, 1.807) is 0 Å². The van der Waals surface area contributed by atoms with E-state index in [1.807, 2.05) is 6.07 Å².